The van der Waals surface area contributed by atoms with Crippen molar-refractivity contribution in [3.63, 3.8) is 0 Å². The third kappa shape index (κ3) is 3.73. The van der Waals surface area contributed by atoms with Crippen LogP contribution in [0.15, 0.2) is 29.2 Å². The van der Waals surface area contributed by atoms with Gasteiger partial charge in [0.1, 0.15) is 28.3 Å². The average Bonchev–Trinajstić information content (AvgIpc) is 3.24. The van der Waals surface area contributed by atoms with Gasteiger partial charge in [-0.15, -0.1) is 0 Å². The standard InChI is InChI=1S/C18H16Cl2FN9O/c1-2-10(25-15-12(20)14(22)27-18(23)28-15)16-26-13-8(5-7(21)6-9(13)19)17(31)30(16)11-3-4-24-29-11/h3-6,10H,2H2,1H3,(H,24,29)(H5,22,23,25,27,28). The van der Waals surface area contributed by atoms with Gasteiger partial charge in [0.2, 0.25) is 5.95 Å². The van der Waals surface area contributed by atoms with E-state index in [4.69, 9.17) is 34.7 Å². The van der Waals surface area contributed by atoms with Crippen LogP contribution >= 0.6 is 23.2 Å². The van der Waals surface area contributed by atoms with Crippen molar-refractivity contribution in [1.82, 2.24) is 29.7 Å². The molecule has 0 saturated heterocycles. The third-order valence-corrected chi connectivity index (χ3v) is 5.23. The Kier molecular flexibility index (Phi) is 5.38. The van der Waals surface area contributed by atoms with Gasteiger partial charge < -0.3 is 16.8 Å². The van der Waals surface area contributed by atoms with Gasteiger partial charge >= 0.3 is 0 Å². The summed E-state index contributed by atoms with van der Waals surface area (Å²) in [5, 5.41) is 9.83. The second kappa shape index (κ2) is 8.00. The van der Waals surface area contributed by atoms with Gasteiger partial charge in [-0.1, -0.05) is 30.1 Å². The Morgan fingerprint density at radius 1 is 1.26 bits per heavy atom. The lowest BCUT2D eigenvalue weighted by Gasteiger charge is -2.22. The summed E-state index contributed by atoms with van der Waals surface area (Å²) in [6, 6.07) is 3.18. The topological polar surface area (TPSA) is 153 Å². The lowest BCUT2D eigenvalue weighted by molar-refractivity contribution is 0.627. The molecule has 4 aromatic rings. The molecular formula is C18H16Cl2FN9O. The fourth-order valence-electron chi connectivity index (χ4n) is 3.16. The summed E-state index contributed by atoms with van der Waals surface area (Å²) < 4.78 is 15.2. The van der Waals surface area contributed by atoms with E-state index in [-0.39, 0.29) is 44.4 Å². The molecule has 31 heavy (non-hydrogen) atoms. The van der Waals surface area contributed by atoms with Gasteiger partial charge in [-0.3, -0.25) is 9.89 Å². The molecule has 13 heteroatoms. The van der Waals surface area contributed by atoms with Crippen molar-refractivity contribution in [2.45, 2.75) is 19.4 Å². The number of nitrogens with zero attached hydrogens (tertiary/aromatic N) is 5. The second-order valence-corrected chi connectivity index (χ2v) is 7.36. The fourth-order valence-corrected chi connectivity index (χ4v) is 3.55. The summed E-state index contributed by atoms with van der Waals surface area (Å²) >= 11 is 12.4. The van der Waals surface area contributed by atoms with Crippen LogP contribution in [0.4, 0.5) is 22.0 Å². The molecule has 0 spiro atoms. The minimum Gasteiger partial charge on any atom is -0.382 e. The van der Waals surface area contributed by atoms with Gasteiger partial charge in [0.05, 0.1) is 28.2 Å². The van der Waals surface area contributed by atoms with Gasteiger partial charge in [-0.25, -0.2) is 13.9 Å². The van der Waals surface area contributed by atoms with Crippen molar-refractivity contribution in [1.29, 1.82) is 0 Å². The molecule has 10 nitrogen and oxygen atoms in total. The minimum atomic E-state index is -0.649. The van der Waals surface area contributed by atoms with E-state index < -0.39 is 17.4 Å². The van der Waals surface area contributed by atoms with E-state index in [0.717, 1.165) is 12.1 Å². The molecule has 160 valence electrons. The molecule has 0 aliphatic heterocycles. The van der Waals surface area contributed by atoms with Gasteiger partial charge in [0, 0.05) is 6.07 Å². The molecule has 6 N–H and O–H groups in total. The van der Waals surface area contributed by atoms with Crippen LogP contribution in [-0.2, 0) is 0 Å². The number of anilines is 3. The van der Waals surface area contributed by atoms with Crippen LogP contribution in [0.2, 0.25) is 10.0 Å². The van der Waals surface area contributed by atoms with Crippen LogP contribution in [0.1, 0.15) is 25.2 Å². The summed E-state index contributed by atoms with van der Waals surface area (Å²) in [4.78, 5) is 25.8. The van der Waals surface area contributed by atoms with E-state index >= 15 is 0 Å². The summed E-state index contributed by atoms with van der Waals surface area (Å²) in [7, 11) is 0. The van der Waals surface area contributed by atoms with Crippen LogP contribution in [0.3, 0.4) is 0 Å². The van der Waals surface area contributed by atoms with Gasteiger partial charge in [-0.05, 0) is 18.6 Å². The number of aromatic nitrogens is 6. The van der Waals surface area contributed by atoms with E-state index in [2.05, 4.69) is 30.5 Å². The molecule has 3 aromatic heterocycles. The number of fused-ring (bicyclic) bond motifs is 1. The van der Waals surface area contributed by atoms with E-state index in [1.807, 2.05) is 6.92 Å². The SMILES string of the molecule is CCC(Nc1nc(N)nc(N)c1Cl)c1nc2c(Cl)cc(F)cc2c(=O)n1-c1ccn[nH]1. The number of H-pyrrole nitrogens is 1. The highest BCUT2D eigenvalue weighted by Gasteiger charge is 2.24. The van der Waals surface area contributed by atoms with Crippen LogP contribution in [0.5, 0.6) is 0 Å². The van der Waals surface area contributed by atoms with E-state index in [1.165, 1.54) is 10.8 Å². The zero-order valence-corrected chi connectivity index (χ0v) is 17.5. The van der Waals surface area contributed by atoms with Crippen molar-refractivity contribution in [2.24, 2.45) is 0 Å². The van der Waals surface area contributed by atoms with Crippen LogP contribution in [-0.4, -0.2) is 29.7 Å². The molecule has 3 heterocycles. The molecule has 1 unspecified atom stereocenters. The van der Waals surface area contributed by atoms with Gasteiger partial charge in [0.25, 0.3) is 5.56 Å². The van der Waals surface area contributed by atoms with Crippen molar-refractivity contribution in [3.05, 3.63) is 56.4 Å². The lowest BCUT2D eigenvalue weighted by atomic mass is 10.1. The number of aromatic amines is 1. The number of halogens is 3. The predicted molar refractivity (Wildman–Crippen MR) is 117 cm³/mol. The Balaban J connectivity index is 1.97. The van der Waals surface area contributed by atoms with Crippen LogP contribution in [0.25, 0.3) is 16.7 Å². The normalized spacial score (nSPS) is 12.3. The Hall–Kier alpha value is -3.44. The Bertz CT molecular complexity index is 1340. The number of hydrogen-bond acceptors (Lipinski definition) is 8. The van der Waals surface area contributed by atoms with Gasteiger partial charge in [0.15, 0.2) is 5.82 Å². The maximum absolute atomic E-state index is 13.9. The molecular weight excluding hydrogens is 448 g/mol. The van der Waals surface area contributed by atoms with Crippen molar-refractivity contribution >= 4 is 51.7 Å². The number of nitrogen functional groups attached to an aromatic ring is 2. The molecule has 1 aromatic carbocycles. The highest BCUT2D eigenvalue weighted by Crippen LogP contribution is 2.31. The second-order valence-electron chi connectivity index (χ2n) is 6.57. The molecule has 1 atom stereocenters. The number of rotatable bonds is 5. The average molecular weight is 464 g/mol. The molecule has 4 rings (SSSR count). The zero-order chi connectivity index (χ0) is 22.3. The first-order valence-corrected chi connectivity index (χ1v) is 9.82. The van der Waals surface area contributed by atoms with E-state index in [0.29, 0.717) is 12.2 Å². The van der Waals surface area contributed by atoms with Gasteiger partial charge in [-0.2, -0.15) is 15.1 Å². The van der Waals surface area contributed by atoms with Crippen molar-refractivity contribution in [3.8, 4) is 5.82 Å². The lowest BCUT2D eigenvalue weighted by Crippen LogP contribution is -2.29. The first-order valence-electron chi connectivity index (χ1n) is 9.06. The summed E-state index contributed by atoms with van der Waals surface area (Å²) in [6.07, 6.45) is 1.93. The summed E-state index contributed by atoms with van der Waals surface area (Å²) in [5.41, 5.74) is 11.1. The van der Waals surface area contributed by atoms with Crippen molar-refractivity contribution in [2.75, 3.05) is 16.8 Å². The molecule has 0 radical (unpaired) electrons. The zero-order valence-electron chi connectivity index (χ0n) is 16.0. The molecule has 0 amide bonds. The fraction of sp³-hybridized carbons (Fsp3) is 0.167. The quantitative estimate of drug-likeness (QED) is 0.352. The number of hydrogen-bond donors (Lipinski definition) is 4. The monoisotopic (exact) mass is 463 g/mol. The largest absolute Gasteiger partial charge is 0.382 e. The first-order chi connectivity index (χ1) is 14.8. The van der Waals surface area contributed by atoms with E-state index in [1.54, 1.807) is 6.07 Å². The molecule has 0 bridgehead atoms. The Morgan fingerprint density at radius 3 is 2.71 bits per heavy atom. The minimum absolute atomic E-state index is 0.00229. The molecule has 0 aliphatic carbocycles. The maximum Gasteiger partial charge on any atom is 0.267 e. The Morgan fingerprint density at radius 2 is 2.03 bits per heavy atom. The number of benzene rings is 1. The summed E-state index contributed by atoms with van der Waals surface area (Å²) in [6.45, 7) is 1.86. The van der Waals surface area contributed by atoms with E-state index in [9.17, 15) is 9.18 Å². The first kappa shape index (κ1) is 20.8. The van der Waals surface area contributed by atoms with Crippen molar-refractivity contribution < 1.29 is 4.39 Å². The highest BCUT2D eigenvalue weighted by molar-refractivity contribution is 6.35. The third-order valence-electron chi connectivity index (χ3n) is 4.57. The highest BCUT2D eigenvalue weighted by atomic mass is 35.5. The van der Waals surface area contributed by atoms with Crippen LogP contribution in [0, 0.1) is 5.82 Å². The molecule has 0 aliphatic rings. The summed E-state index contributed by atoms with van der Waals surface area (Å²) in [5.74, 6) is 0.0588. The van der Waals surface area contributed by atoms with Crippen LogP contribution < -0.4 is 22.3 Å². The number of nitrogens with two attached hydrogens (primary N) is 2. The predicted octanol–water partition coefficient (Wildman–Crippen LogP) is 3.07. The molecule has 0 fully saturated rings. The maximum atomic E-state index is 13.9. The molecule has 0 saturated carbocycles. The number of nitrogens with one attached hydrogen (secondary N) is 2. The smallest absolute Gasteiger partial charge is 0.267 e. The Labute approximate surface area is 184 Å².